The Morgan fingerprint density at radius 1 is 1.00 bits per heavy atom. The van der Waals surface area contributed by atoms with E-state index in [0.717, 1.165) is 16.9 Å². The maximum absolute atomic E-state index is 13.0. The van der Waals surface area contributed by atoms with Crippen LogP contribution in [0.4, 0.5) is 21.5 Å². The summed E-state index contributed by atoms with van der Waals surface area (Å²) in [4.78, 5) is 28.7. The molecule has 5 nitrogen and oxygen atoms in total. The minimum absolute atomic E-state index is 0.0706. The molecular weight excluding hydrogens is 413 g/mol. The molecule has 3 aromatic carbocycles. The highest BCUT2D eigenvalue weighted by molar-refractivity contribution is 8.00. The van der Waals surface area contributed by atoms with Crippen LogP contribution in [0.15, 0.2) is 72.8 Å². The first kappa shape index (κ1) is 20.9. The number of hydrogen-bond acceptors (Lipinski definition) is 4. The van der Waals surface area contributed by atoms with Crippen LogP contribution in [0.2, 0.25) is 0 Å². The molecule has 1 N–H and O–H groups in total. The van der Waals surface area contributed by atoms with E-state index in [0.29, 0.717) is 17.0 Å². The number of nitrogens with one attached hydrogen (secondary N) is 1. The van der Waals surface area contributed by atoms with Crippen molar-refractivity contribution in [1.82, 2.24) is 0 Å². The Bertz CT molecular complexity index is 1080. The van der Waals surface area contributed by atoms with Crippen molar-refractivity contribution in [2.45, 2.75) is 5.37 Å². The zero-order valence-corrected chi connectivity index (χ0v) is 18.0. The molecule has 1 saturated heterocycles. The van der Waals surface area contributed by atoms with Crippen molar-refractivity contribution in [2.24, 2.45) is 0 Å². The number of benzene rings is 3. The second-order valence-corrected chi connectivity index (χ2v) is 8.49. The van der Waals surface area contributed by atoms with Gasteiger partial charge in [0.15, 0.2) is 0 Å². The number of thioether (sulfide) groups is 1. The lowest BCUT2D eigenvalue weighted by Gasteiger charge is -2.25. The van der Waals surface area contributed by atoms with Crippen molar-refractivity contribution in [2.75, 3.05) is 35.0 Å². The Morgan fingerprint density at radius 2 is 1.65 bits per heavy atom. The van der Waals surface area contributed by atoms with Crippen molar-refractivity contribution in [1.29, 1.82) is 0 Å². The third-order valence-corrected chi connectivity index (χ3v) is 6.28. The molecule has 1 atom stereocenters. The minimum Gasteiger partial charge on any atom is -0.378 e. The summed E-state index contributed by atoms with van der Waals surface area (Å²) in [6.45, 7) is 0. The van der Waals surface area contributed by atoms with E-state index >= 15 is 0 Å². The van der Waals surface area contributed by atoms with Crippen LogP contribution < -0.4 is 15.1 Å². The van der Waals surface area contributed by atoms with E-state index in [-0.39, 0.29) is 23.0 Å². The zero-order valence-electron chi connectivity index (χ0n) is 17.2. The van der Waals surface area contributed by atoms with E-state index in [2.05, 4.69) is 5.32 Å². The van der Waals surface area contributed by atoms with Gasteiger partial charge in [0.2, 0.25) is 5.91 Å². The molecule has 0 spiro atoms. The van der Waals surface area contributed by atoms with Gasteiger partial charge in [-0.3, -0.25) is 14.5 Å². The smallest absolute Gasteiger partial charge is 0.255 e. The van der Waals surface area contributed by atoms with Gasteiger partial charge in [0.05, 0.1) is 5.75 Å². The first-order valence-electron chi connectivity index (χ1n) is 9.80. The summed E-state index contributed by atoms with van der Waals surface area (Å²) in [5.41, 5.74) is 3.93. The first-order chi connectivity index (χ1) is 14.9. The predicted octanol–water partition coefficient (Wildman–Crippen LogP) is 4.92. The standard InChI is InChI=1S/C24H22FN3O2S/c1-27(2)20-11-13-21(14-12-20)28-22(29)15-31-24(28)17-5-9-19(10-6-17)26-23(30)16-3-7-18(25)8-4-16/h3-14,24H,15H2,1-2H3,(H,26,30)/t24-/m0/s1. The molecule has 0 unspecified atom stereocenters. The summed E-state index contributed by atoms with van der Waals surface area (Å²) < 4.78 is 13.0. The van der Waals surface area contributed by atoms with Gasteiger partial charge in [0.25, 0.3) is 5.91 Å². The number of halogens is 1. The minimum atomic E-state index is -0.384. The number of rotatable bonds is 5. The van der Waals surface area contributed by atoms with Gasteiger partial charge < -0.3 is 10.2 Å². The molecule has 1 fully saturated rings. The Hall–Kier alpha value is -3.32. The number of hydrogen-bond donors (Lipinski definition) is 1. The van der Waals surface area contributed by atoms with Crippen LogP contribution in [0, 0.1) is 5.82 Å². The van der Waals surface area contributed by atoms with E-state index in [1.165, 1.54) is 24.3 Å². The Kier molecular flexibility index (Phi) is 5.95. The molecule has 1 aliphatic heterocycles. The van der Waals surface area contributed by atoms with E-state index in [9.17, 15) is 14.0 Å². The largest absolute Gasteiger partial charge is 0.378 e. The highest BCUT2D eigenvalue weighted by atomic mass is 32.2. The molecule has 0 radical (unpaired) electrons. The van der Waals surface area contributed by atoms with Crippen molar-refractivity contribution in [3.8, 4) is 0 Å². The molecule has 4 rings (SSSR count). The topological polar surface area (TPSA) is 52.6 Å². The van der Waals surface area contributed by atoms with Crippen LogP contribution >= 0.6 is 11.8 Å². The number of nitrogens with zero attached hydrogens (tertiary/aromatic N) is 2. The summed E-state index contributed by atoms with van der Waals surface area (Å²) in [6.07, 6.45) is 0. The van der Waals surface area contributed by atoms with Crippen LogP contribution in [0.3, 0.4) is 0 Å². The zero-order chi connectivity index (χ0) is 22.0. The number of amides is 2. The number of carbonyl (C=O) groups excluding carboxylic acids is 2. The molecule has 7 heteroatoms. The van der Waals surface area contributed by atoms with Crippen LogP contribution in [0.1, 0.15) is 21.3 Å². The van der Waals surface area contributed by atoms with E-state index in [1.54, 1.807) is 11.8 Å². The lowest BCUT2D eigenvalue weighted by molar-refractivity contribution is -0.115. The van der Waals surface area contributed by atoms with Crippen LogP contribution in [0.25, 0.3) is 0 Å². The van der Waals surface area contributed by atoms with Gasteiger partial charge in [-0.15, -0.1) is 11.8 Å². The molecule has 0 bridgehead atoms. The quantitative estimate of drug-likeness (QED) is 0.618. The molecule has 3 aromatic rings. The Balaban J connectivity index is 1.50. The van der Waals surface area contributed by atoms with Crippen molar-refractivity contribution in [3.05, 3.63) is 89.7 Å². The fourth-order valence-corrected chi connectivity index (χ4v) is 4.57. The number of anilines is 3. The lowest BCUT2D eigenvalue weighted by atomic mass is 10.1. The monoisotopic (exact) mass is 435 g/mol. The van der Waals surface area contributed by atoms with E-state index in [1.807, 2.05) is 72.4 Å². The summed E-state index contributed by atoms with van der Waals surface area (Å²) in [6, 6.07) is 20.8. The van der Waals surface area contributed by atoms with Gasteiger partial charge in [0, 0.05) is 36.7 Å². The molecule has 0 aromatic heterocycles. The van der Waals surface area contributed by atoms with Gasteiger partial charge in [-0.25, -0.2) is 4.39 Å². The third-order valence-electron chi connectivity index (χ3n) is 5.07. The Labute approximate surface area is 184 Å². The van der Waals surface area contributed by atoms with Crippen LogP contribution in [0.5, 0.6) is 0 Å². The van der Waals surface area contributed by atoms with Gasteiger partial charge in [-0.05, 0) is 66.2 Å². The molecule has 1 aliphatic rings. The molecule has 0 saturated carbocycles. The molecule has 0 aliphatic carbocycles. The molecule has 1 heterocycles. The van der Waals surface area contributed by atoms with E-state index in [4.69, 9.17) is 0 Å². The lowest BCUT2D eigenvalue weighted by Crippen LogP contribution is -2.27. The number of carbonyl (C=O) groups is 2. The average Bonchev–Trinajstić information content (AvgIpc) is 3.16. The van der Waals surface area contributed by atoms with Gasteiger partial charge in [-0.2, -0.15) is 0 Å². The second-order valence-electron chi connectivity index (χ2n) is 7.42. The summed E-state index contributed by atoms with van der Waals surface area (Å²) in [5.74, 6) is -0.198. The van der Waals surface area contributed by atoms with Crippen molar-refractivity contribution < 1.29 is 14.0 Å². The average molecular weight is 436 g/mol. The maximum atomic E-state index is 13.0. The normalized spacial score (nSPS) is 15.8. The molecular formula is C24H22FN3O2S. The molecule has 31 heavy (non-hydrogen) atoms. The van der Waals surface area contributed by atoms with Crippen LogP contribution in [-0.4, -0.2) is 31.7 Å². The van der Waals surface area contributed by atoms with Gasteiger partial charge in [0.1, 0.15) is 11.2 Å². The fraction of sp³-hybridized carbons (Fsp3) is 0.167. The first-order valence-corrected chi connectivity index (χ1v) is 10.9. The van der Waals surface area contributed by atoms with Gasteiger partial charge >= 0.3 is 0 Å². The molecule has 2 amide bonds. The second kappa shape index (κ2) is 8.81. The van der Waals surface area contributed by atoms with E-state index < -0.39 is 0 Å². The predicted molar refractivity (Wildman–Crippen MR) is 124 cm³/mol. The highest BCUT2D eigenvalue weighted by Crippen LogP contribution is 2.42. The summed E-state index contributed by atoms with van der Waals surface area (Å²) >= 11 is 1.58. The highest BCUT2D eigenvalue weighted by Gasteiger charge is 2.34. The van der Waals surface area contributed by atoms with Crippen molar-refractivity contribution in [3.63, 3.8) is 0 Å². The summed E-state index contributed by atoms with van der Waals surface area (Å²) in [7, 11) is 3.95. The van der Waals surface area contributed by atoms with Crippen molar-refractivity contribution >= 4 is 40.6 Å². The Morgan fingerprint density at radius 3 is 2.26 bits per heavy atom. The summed E-state index contributed by atoms with van der Waals surface area (Å²) in [5, 5.41) is 2.69. The molecule has 158 valence electrons. The fourth-order valence-electron chi connectivity index (χ4n) is 3.40. The SMILES string of the molecule is CN(C)c1ccc(N2C(=O)CS[C@H]2c2ccc(NC(=O)c3ccc(F)cc3)cc2)cc1. The van der Waals surface area contributed by atoms with Gasteiger partial charge in [-0.1, -0.05) is 12.1 Å². The third kappa shape index (κ3) is 4.56. The maximum Gasteiger partial charge on any atom is 0.255 e. The van der Waals surface area contributed by atoms with Crippen LogP contribution in [-0.2, 0) is 4.79 Å².